The molecule has 1 aliphatic heterocycles. The molecule has 0 aromatic carbocycles. The highest BCUT2D eigenvalue weighted by atomic mass is 32.2. The molecule has 7 atom stereocenters. The first-order chi connectivity index (χ1) is 32.6. The highest BCUT2D eigenvalue weighted by Crippen LogP contribution is 2.61. The predicted molar refractivity (Wildman–Crippen MR) is 260 cm³/mol. The van der Waals surface area contributed by atoms with Crippen LogP contribution in [0.2, 0.25) is 0 Å². The molecule has 2 aromatic rings. The van der Waals surface area contributed by atoms with Crippen LogP contribution in [0, 0.1) is 5.41 Å². The molecule has 2 unspecified atom stereocenters. The molecular weight excluding hydrogens is 1000 g/mol. The molecule has 0 radical (unpaired) electrons. The summed E-state index contributed by atoms with van der Waals surface area (Å²) in [6, 6.07) is 0. The van der Waals surface area contributed by atoms with Crippen molar-refractivity contribution in [2.75, 3.05) is 37.8 Å². The standard InChI is InChI=1S/C41H64N7O17P3S.H3N/c1-4-5-6-7-8-9-10-11-12-13-14-15-16-17-18-19-20-21-32(50)69-25-24-43-31(49)22-23-44-39(53)36(52)41(2,3)27-62-68(59,60)65-67(57,58)61-26-30-35(64-66(54,55)56)34(51)40(63-30)48-29-47-33-37(42)45-28-46-38(33)48;/h5-6,8-9,11-12,14-15,17-18,28-30,34-36,40,51-52H,4,7,10,13,16,19-27H2,1-3H3,(H,43,49)(H,44,53)(H,57,58)(H,59,60)(H2,42,45,46)(H2,54,55,56);1H3/b6-5-,9-8-,12-11-,15-14-,18-17-;/t30-,34-,35-,36+,40-;/m1./s1. The van der Waals surface area contributed by atoms with Crippen LogP contribution in [0.5, 0.6) is 0 Å². The molecule has 29 heteroatoms. The van der Waals surface area contributed by atoms with E-state index in [1.54, 1.807) is 0 Å². The zero-order chi connectivity index (χ0) is 51.1. The zero-order valence-electron chi connectivity index (χ0n) is 39.2. The van der Waals surface area contributed by atoms with E-state index in [0.29, 0.717) is 18.6 Å². The lowest BCUT2D eigenvalue weighted by molar-refractivity contribution is -0.137. The number of rotatable bonds is 32. The lowest BCUT2D eigenvalue weighted by atomic mass is 9.87. The number of imidazole rings is 1. The normalized spacial score (nSPS) is 20.1. The predicted octanol–water partition coefficient (Wildman–Crippen LogP) is 4.75. The molecule has 394 valence electrons. The second-order valence-corrected chi connectivity index (χ2v) is 21.3. The zero-order valence-corrected chi connectivity index (χ0v) is 42.7. The Bertz CT molecular complexity index is 2270. The van der Waals surface area contributed by atoms with Crippen LogP contribution < -0.4 is 22.5 Å². The fourth-order valence-electron chi connectivity index (χ4n) is 6.10. The molecule has 3 heterocycles. The van der Waals surface area contributed by atoms with Gasteiger partial charge in [0.1, 0.15) is 36.3 Å². The van der Waals surface area contributed by atoms with Crippen molar-refractivity contribution in [2.45, 2.75) is 109 Å². The van der Waals surface area contributed by atoms with Crippen LogP contribution in [0.25, 0.3) is 11.2 Å². The fourth-order valence-corrected chi connectivity index (χ4v) is 9.65. The van der Waals surface area contributed by atoms with E-state index in [2.05, 4.69) is 102 Å². The Morgan fingerprint density at radius 1 is 0.886 bits per heavy atom. The number of thioether (sulfide) groups is 1. The van der Waals surface area contributed by atoms with Crippen LogP contribution >= 0.6 is 35.2 Å². The first kappa shape index (κ1) is 62.3. The summed E-state index contributed by atoms with van der Waals surface area (Å²) < 4.78 is 62.4. The van der Waals surface area contributed by atoms with E-state index < -0.39 is 84.6 Å². The Labute approximate surface area is 410 Å². The van der Waals surface area contributed by atoms with Gasteiger partial charge in [0, 0.05) is 37.1 Å². The number of hydrogen-bond donors (Lipinski definition) is 10. The number of nitrogens with two attached hydrogens (primary N) is 1. The van der Waals surface area contributed by atoms with Crippen molar-refractivity contribution >= 4 is 69.1 Å². The van der Waals surface area contributed by atoms with Crippen LogP contribution in [0.4, 0.5) is 5.82 Å². The third-order valence-corrected chi connectivity index (χ3v) is 13.7. The number of carbonyl (C=O) groups excluding carboxylic acids is 3. The summed E-state index contributed by atoms with van der Waals surface area (Å²) >= 11 is 1.11. The van der Waals surface area contributed by atoms with Gasteiger partial charge < -0.3 is 57.0 Å². The number of phosphoric acid groups is 3. The van der Waals surface area contributed by atoms with E-state index in [4.69, 9.17) is 19.5 Å². The first-order valence-electron chi connectivity index (χ1n) is 21.9. The molecule has 0 spiro atoms. The van der Waals surface area contributed by atoms with Crippen LogP contribution in [0.1, 0.15) is 84.8 Å². The van der Waals surface area contributed by atoms with Crippen molar-refractivity contribution in [1.82, 2.24) is 36.3 Å². The molecule has 1 aliphatic rings. The quantitative estimate of drug-likeness (QED) is 0.0268. The van der Waals surface area contributed by atoms with Crippen LogP contribution in [0.3, 0.4) is 0 Å². The number of nitrogens with one attached hydrogen (secondary N) is 2. The smallest absolute Gasteiger partial charge is 0.386 e. The number of ether oxygens (including phenoxy) is 1. The van der Waals surface area contributed by atoms with Crippen molar-refractivity contribution < 1.29 is 80.5 Å². The van der Waals surface area contributed by atoms with Crippen molar-refractivity contribution in [3.63, 3.8) is 0 Å². The summed E-state index contributed by atoms with van der Waals surface area (Å²) in [4.78, 5) is 88.3. The highest BCUT2D eigenvalue weighted by Gasteiger charge is 2.50. The van der Waals surface area contributed by atoms with E-state index in [0.717, 1.165) is 67.5 Å². The minimum atomic E-state index is -5.58. The van der Waals surface area contributed by atoms with E-state index >= 15 is 0 Å². The molecule has 2 aromatic heterocycles. The monoisotopic (exact) mass is 1070 g/mol. The summed E-state index contributed by atoms with van der Waals surface area (Å²) in [6.07, 6.45) is 20.9. The topological polar surface area (TPSA) is 399 Å². The number of phosphoric ester groups is 3. The first-order valence-corrected chi connectivity index (χ1v) is 27.4. The molecule has 3 rings (SSSR count). The molecule has 0 bridgehead atoms. The molecular formula is C41H67N8O17P3S. The number of hydrogen-bond acceptors (Lipinski definition) is 19. The number of aliphatic hydroxyl groups is 2. The maximum atomic E-state index is 12.7. The molecule has 2 amide bonds. The third-order valence-electron chi connectivity index (χ3n) is 9.67. The molecule has 1 saturated heterocycles. The number of fused-ring (bicyclic) bond motifs is 1. The summed E-state index contributed by atoms with van der Waals surface area (Å²) in [5.74, 6) is -1.09. The fraction of sp³-hybridized carbons (Fsp3) is 0.561. The van der Waals surface area contributed by atoms with Crippen LogP contribution in [0.15, 0.2) is 73.4 Å². The average molecular weight is 1070 g/mol. The summed E-state index contributed by atoms with van der Waals surface area (Å²) in [5, 5.41) is 26.6. The largest absolute Gasteiger partial charge is 0.481 e. The number of nitrogen functional groups attached to an aromatic ring is 1. The van der Waals surface area contributed by atoms with E-state index in [-0.39, 0.29) is 47.8 Å². The number of allylic oxidation sites excluding steroid dienone is 10. The van der Waals surface area contributed by atoms with Gasteiger partial charge in [-0.25, -0.2) is 28.6 Å². The number of aliphatic hydroxyl groups excluding tert-OH is 2. The van der Waals surface area contributed by atoms with E-state index in [1.165, 1.54) is 13.8 Å². The number of carbonyl (C=O) groups is 3. The maximum absolute atomic E-state index is 12.7. The average Bonchev–Trinajstić information content (AvgIpc) is 3.84. The summed E-state index contributed by atoms with van der Waals surface area (Å²) in [6.45, 7) is 2.62. The van der Waals surface area contributed by atoms with Gasteiger partial charge in [0.15, 0.2) is 22.8 Å². The van der Waals surface area contributed by atoms with Crippen molar-refractivity contribution in [2.24, 2.45) is 5.41 Å². The number of unbranched alkanes of at least 4 members (excludes halogenated alkanes) is 1. The SMILES string of the molecule is CC/C=C\C/C=C\C/C=C\C/C=C\C/C=C\CCCC(=O)SCCNC(=O)CCNC(=O)[C@H](O)C(C)(C)COP(=O)(O)OP(=O)(O)OC[C@H]1O[C@@H](n2cnc3c(N)ncnc32)[C@H](O)[C@@H]1OP(=O)(O)O.N. The Kier molecular flexibility index (Phi) is 27.6. The second kappa shape index (κ2) is 31.0. The molecule has 13 N–H and O–H groups in total. The number of nitrogens with zero attached hydrogens (tertiary/aromatic N) is 4. The second-order valence-electron chi connectivity index (χ2n) is 15.9. The number of anilines is 1. The molecule has 25 nitrogen and oxygen atoms in total. The lowest BCUT2D eigenvalue weighted by Crippen LogP contribution is -2.46. The van der Waals surface area contributed by atoms with Crippen LogP contribution in [-0.4, -0.2) is 123 Å². The Hall–Kier alpha value is -3.78. The summed E-state index contributed by atoms with van der Waals surface area (Å²) in [7, 11) is -16.4. The Morgan fingerprint density at radius 2 is 1.49 bits per heavy atom. The number of aromatic nitrogens is 4. The van der Waals surface area contributed by atoms with Gasteiger partial charge in [0.25, 0.3) is 0 Å². The Balaban J connectivity index is 0.0000168. The molecule has 70 heavy (non-hydrogen) atoms. The molecule has 0 saturated carbocycles. The van der Waals surface area contributed by atoms with Gasteiger partial charge in [0.05, 0.1) is 19.5 Å². The third kappa shape index (κ3) is 23.2. The minimum absolute atomic E-state index is 0. The van der Waals surface area contributed by atoms with Gasteiger partial charge >= 0.3 is 23.5 Å². The Morgan fingerprint density at radius 3 is 2.10 bits per heavy atom. The number of amides is 2. The van der Waals surface area contributed by atoms with Crippen molar-refractivity contribution in [1.29, 1.82) is 0 Å². The van der Waals surface area contributed by atoms with Gasteiger partial charge in [-0.3, -0.25) is 32.5 Å². The van der Waals surface area contributed by atoms with Crippen molar-refractivity contribution in [3.8, 4) is 0 Å². The minimum Gasteiger partial charge on any atom is -0.386 e. The van der Waals surface area contributed by atoms with E-state index in [9.17, 15) is 57.9 Å². The molecule has 1 fully saturated rings. The van der Waals surface area contributed by atoms with Crippen molar-refractivity contribution in [3.05, 3.63) is 73.4 Å². The van der Waals surface area contributed by atoms with Gasteiger partial charge in [-0.1, -0.05) is 93.3 Å². The van der Waals surface area contributed by atoms with Crippen LogP contribution in [-0.2, 0) is 50.7 Å². The maximum Gasteiger partial charge on any atom is 0.481 e. The van der Waals surface area contributed by atoms with Gasteiger partial charge in [-0.2, -0.15) is 4.31 Å². The summed E-state index contributed by atoms with van der Waals surface area (Å²) in [5.41, 5.74) is 4.27. The van der Waals surface area contributed by atoms with Gasteiger partial charge in [0.2, 0.25) is 11.8 Å². The molecule has 0 aliphatic carbocycles. The highest BCUT2D eigenvalue weighted by molar-refractivity contribution is 8.13. The van der Waals surface area contributed by atoms with E-state index in [1.807, 2.05) is 0 Å². The lowest BCUT2D eigenvalue weighted by Gasteiger charge is -2.30. The van der Waals surface area contributed by atoms with Gasteiger partial charge in [-0.05, 0) is 44.9 Å². The van der Waals surface area contributed by atoms with Gasteiger partial charge in [-0.15, -0.1) is 0 Å².